The van der Waals surface area contributed by atoms with E-state index in [9.17, 15) is 4.79 Å². The molecule has 3 rings (SSSR count). The number of carbonyl (C=O) groups is 1. The van der Waals surface area contributed by atoms with Gasteiger partial charge in [-0.15, -0.1) is 0 Å². The van der Waals surface area contributed by atoms with Crippen LogP contribution in [0.15, 0.2) is 65.8 Å². The van der Waals surface area contributed by atoms with Gasteiger partial charge in [-0.25, -0.2) is 5.43 Å². The van der Waals surface area contributed by atoms with Gasteiger partial charge in [-0.3, -0.25) is 4.79 Å². The maximum atomic E-state index is 12.0. The highest BCUT2D eigenvalue weighted by Crippen LogP contribution is 2.20. The molecule has 7 heteroatoms. The van der Waals surface area contributed by atoms with Crippen molar-refractivity contribution in [1.29, 1.82) is 0 Å². The van der Waals surface area contributed by atoms with E-state index in [0.717, 1.165) is 26.4 Å². The molecule has 6 nitrogen and oxygen atoms in total. The Morgan fingerprint density at radius 1 is 1.14 bits per heavy atom. The van der Waals surface area contributed by atoms with Crippen LogP contribution in [0.1, 0.15) is 11.4 Å². The fourth-order valence-corrected chi connectivity index (χ4v) is 3.19. The van der Waals surface area contributed by atoms with Crippen LogP contribution in [-0.4, -0.2) is 30.4 Å². The van der Waals surface area contributed by atoms with E-state index in [0.29, 0.717) is 5.75 Å². The highest BCUT2D eigenvalue weighted by molar-refractivity contribution is 14.1. The number of halogens is 1. The van der Waals surface area contributed by atoms with Crippen LogP contribution in [0.4, 0.5) is 0 Å². The summed E-state index contributed by atoms with van der Waals surface area (Å²) in [6, 6.07) is 19.2. The van der Waals surface area contributed by atoms with Crippen molar-refractivity contribution in [3.05, 3.63) is 75.6 Å². The molecule has 3 aromatic rings. The lowest BCUT2D eigenvalue weighted by atomic mass is 10.3. The number of para-hydroxylation sites is 1. The second-order valence-corrected chi connectivity index (χ2v) is 7.11. The summed E-state index contributed by atoms with van der Waals surface area (Å²) in [5.41, 5.74) is 5.39. The van der Waals surface area contributed by atoms with Gasteiger partial charge in [0.25, 0.3) is 5.91 Å². The summed E-state index contributed by atoms with van der Waals surface area (Å²) < 4.78 is 13.7. The molecule has 1 N–H and O–H groups in total. The van der Waals surface area contributed by atoms with Crippen molar-refractivity contribution in [1.82, 2.24) is 9.99 Å². The van der Waals surface area contributed by atoms with Crippen LogP contribution >= 0.6 is 22.6 Å². The number of methoxy groups -OCH3 is 1. The van der Waals surface area contributed by atoms with Gasteiger partial charge in [0.1, 0.15) is 11.5 Å². The second kappa shape index (κ2) is 9.41. The van der Waals surface area contributed by atoms with Crippen LogP contribution in [0.25, 0.3) is 5.69 Å². The molecule has 2 aromatic carbocycles. The van der Waals surface area contributed by atoms with E-state index in [4.69, 9.17) is 9.47 Å². The SMILES string of the molecule is COc1ccc(-n2c(C)ccc2/C=N\NC(=O)COc2ccccc2I)cc1. The largest absolute Gasteiger partial charge is 0.497 e. The summed E-state index contributed by atoms with van der Waals surface area (Å²) in [4.78, 5) is 12.0. The number of hydrogen-bond donors (Lipinski definition) is 1. The van der Waals surface area contributed by atoms with E-state index in [1.807, 2.05) is 72.2 Å². The van der Waals surface area contributed by atoms with E-state index < -0.39 is 0 Å². The third-order valence-corrected chi connectivity index (χ3v) is 4.91. The average Bonchev–Trinajstić information content (AvgIpc) is 3.08. The van der Waals surface area contributed by atoms with Crippen LogP contribution in [0.2, 0.25) is 0 Å². The molecule has 0 aliphatic heterocycles. The van der Waals surface area contributed by atoms with Gasteiger partial charge in [0.15, 0.2) is 6.61 Å². The highest BCUT2D eigenvalue weighted by atomic mass is 127. The molecule has 0 saturated carbocycles. The van der Waals surface area contributed by atoms with Crippen molar-refractivity contribution in [3.63, 3.8) is 0 Å². The van der Waals surface area contributed by atoms with Crippen molar-refractivity contribution in [3.8, 4) is 17.2 Å². The molecule has 0 unspecified atom stereocenters. The fraction of sp³-hybridized carbons (Fsp3) is 0.143. The van der Waals surface area contributed by atoms with E-state index in [1.54, 1.807) is 13.3 Å². The maximum Gasteiger partial charge on any atom is 0.277 e. The minimum absolute atomic E-state index is 0.101. The standard InChI is InChI=1S/C21H20IN3O3/c1-15-7-8-17(25(15)16-9-11-18(27-2)12-10-16)13-23-24-21(26)14-28-20-6-4-3-5-19(20)22/h3-13H,14H2,1-2H3,(H,24,26)/b23-13-. The van der Waals surface area contributed by atoms with Crippen LogP contribution < -0.4 is 14.9 Å². The molecule has 0 atom stereocenters. The number of hydrogen-bond acceptors (Lipinski definition) is 4. The second-order valence-electron chi connectivity index (χ2n) is 5.95. The molecule has 0 saturated heterocycles. The van der Waals surface area contributed by atoms with Gasteiger partial charge in [0, 0.05) is 11.4 Å². The predicted molar refractivity (Wildman–Crippen MR) is 117 cm³/mol. The molecule has 0 aliphatic rings. The predicted octanol–water partition coefficient (Wildman–Crippen LogP) is 3.93. The lowest BCUT2D eigenvalue weighted by Crippen LogP contribution is -2.24. The Balaban J connectivity index is 1.63. The fourth-order valence-electron chi connectivity index (χ4n) is 2.65. The number of rotatable bonds is 7. The number of aryl methyl sites for hydroxylation is 1. The Bertz CT molecular complexity index is 981. The summed E-state index contributed by atoms with van der Waals surface area (Å²) in [7, 11) is 1.64. The maximum absolute atomic E-state index is 12.0. The number of amides is 1. The molecule has 1 heterocycles. The molecule has 0 bridgehead atoms. The van der Waals surface area contributed by atoms with Gasteiger partial charge in [0.2, 0.25) is 0 Å². The molecule has 1 amide bonds. The first-order valence-electron chi connectivity index (χ1n) is 8.60. The van der Waals surface area contributed by atoms with E-state index >= 15 is 0 Å². The summed E-state index contributed by atoms with van der Waals surface area (Å²) in [6.45, 7) is 1.91. The van der Waals surface area contributed by atoms with Gasteiger partial charge in [0.05, 0.1) is 22.6 Å². The van der Waals surface area contributed by atoms with Gasteiger partial charge < -0.3 is 14.0 Å². The zero-order valence-corrected chi connectivity index (χ0v) is 17.7. The van der Waals surface area contributed by atoms with E-state index in [1.165, 1.54) is 0 Å². The van der Waals surface area contributed by atoms with Crippen molar-refractivity contribution < 1.29 is 14.3 Å². The van der Waals surface area contributed by atoms with Crippen LogP contribution in [0.3, 0.4) is 0 Å². The van der Waals surface area contributed by atoms with E-state index in [-0.39, 0.29) is 12.5 Å². The number of hydrazone groups is 1. The van der Waals surface area contributed by atoms with Crippen LogP contribution in [-0.2, 0) is 4.79 Å². The molecule has 144 valence electrons. The number of ether oxygens (including phenoxy) is 2. The Hall–Kier alpha value is -2.81. The minimum Gasteiger partial charge on any atom is -0.497 e. The van der Waals surface area contributed by atoms with Crippen molar-refractivity contribution in [2.75, 3.05) is 13.7 Å². The molecule has 0 radical (unpaired) electrons. The highest BCUT2D eigenvalue weighted by Gasteiger charge is 2.07. The minimum atomic E-state index is -0.324. The molecule has 0 spiro atoms. The zero-order chi connectivity index (χ0) is 19.9. The first-order valence-corrected chi connectivity index (χ1v) is 9.68. The summed E-state index contributed by atoms with van der Waals surface area (Å²) in [5, 5.41) is 4.06. The van der Waals surface area contributed by atoms with Gasteiger partial charge in [-0.05, 0) is 78.0 Å². The molecule has 28 heavy (non-hydrogen) atoms. The third-order valence-electron chi connectivity index (χ3n) is 4.02. The van der Waals surface area contributed by atoms with Gasteiger partial charge in [-0.1, -0.05) is 12.1 Å². The Kier molecular flexibility index (Phi) is 6.70. The normalized spacial score (nSPS) is 10.8. The van der Waals surface area contributed by atoms with E-state index in [2.05, 4.69) is 33.1 Å². The average molecular weight is 489 g/mol. The monoisotopic (exact) mass is 489 g/mol. The number of carbonyl (C=O) groups excluding carboxylic acids is 1. The topological polar surface area (TPSA) is 64.8 Å². The lowest BCUT2D eigenvalue weighted by molar-refractivity contribution is -0.123. The Morgan fingerprint density at radius 3 is 2.61 bits per heavy atom. The number of nitrogens with one attached hydrogen (secondary N) is 1. The molecule has 1 aromatic heterocycles. The van der Waals surface area contributed by atoms with Crippen molar-refractivity contribution >= 4 is 34.7 Å². The molecular weight excluding hydrogens is 469 g/mol. The van der Waals surface area contributed by atoms with Crippen LogP contribution in [0.5, 0.6) is 11.5 Å². The summed E-state index contributed by atoms with van der Waals surface area (Å²) in [6.07, 6.45) is 1.61. The first kappa shape index (κ1) is 19.9. The molecular formula is C21H20IN3O3. The zero-order valence-electron chi connectivity index (χ0n) is 15.6. The Labute approximate surface area is 177 Å². The van der Waals surface area contributed by atoms with Crippen molar-refractivity contribution in [2.24, 2.45) is 5.10 Å². The number of nitrogens with zero attached hydrogens (tertiary/aromatic N) is 2. The quantitative estimate of drug-likeness (QED) is 0.311. The van der Waals surface area contributed by atoms with Crippen molar-refractivity contribution in [2.45, 2.75) is 6.92 Å². The smallest absolute Gasteiger partial charge is 0.277 e. The lowest BCUT2D eigenvalue weighted by Gasteiger charge is -2.10. The first-order chi connectivity index (χ1) is 13.6. The number of benzene rings is 2. The van der Waals surface area contributed by atoms with Gasteiger partial charge in [-0.2, -0.15) is 5.10 Å². The van der Waals surface area contributed by atoms with Gasteiger partial charge >= 0.3 is 0 Å². The number of aromatic nitrogens is 1. The van der Waals surface area contributed by atoms with Crippen LogP contribution in [0, 0.1) is 10.5 Å². The summed E-state index contributed by atoms with van der Waals surface area (Å²) in [5.74, 6) is 1.14. The Morgan fingerprint density at radius 2 is 1.89 bits per heavy atom. The third kappa shape index (κ3) is 4.92. The summed E-state index contributed by atoms with van der Waals surface area (Å²) >= 11 is 2.16. The molecule has 0 aliphatic carbocycles. The molecule has 0 fully saturated rings.